The van der Waals surface area contributed by atoms with Crippen molar-refractivity contribution in [3.8, 4) is 0 Å². The van der Waals surface area contributed by atoms with E-state index in [-0.39, 0.29) is 23.6 Å². The van der Waals surface area contributed by atoms with E-state index in [1.54, 1.807) is 25.1 Å². The lowest BCUT2D eigenvalue weighted by molar-refractivity contribution is -0.130. The van der Waals surface area contributed by atoms with E-state index in [1.165, 1.54) is 18.0 Å². The van der Waals surface area contributed by atoms with Gasteiger partial charge in [0, 0.05) is 19.3 Å². The Morgan fingerprint density at radius 1 is 1.29 bits per heavy atom. The average Bonchev–Trinajstić information content (AvgIpc) is 2.36. The summed E-state index contributed by atoms with van der Waals surface area (Å²) in [4.78, 5) is 24.6. The third kappa shape index (κ3) is 5.18. The fourth-order valence-corrected chi connectivity index (χ4v) is 3.07. The Kier molecular flexibility index (Phi) is 5.48. The van der Waals surface area contributed by atoms with Gasteiger partial charge in [-0.15, -0.1) is 0 Å². The van der Waals surface area contributed by atoms with E-state index in [0.717, 1.165) is 6.26 Å². The number of benzene rings is 1. The third-order valence-electron chi connectivity index (χ3n) is 3.19. The van der Waals surface area contributed by atoms with E-state index in [0.29, 0.717) is 5.56 Å². The molecule has 0 aliphatic heterocycles. The predicted octanol–water partition coefficient (Wildman–Crippen LogP) is 0.819. The Balaban J connectivity index is 2.84. The van der Waals surface area contributed by atoms with Crippen LogP contribution in [0.4, 0.5) is 0 Å². The van der Waals surface area contributed by atoms with Gasteiger partial charge in [-0.25, -0.2) is 13.2 Å². The van der Waals surface area contributed by atoms with Crippen LogP contribution in [0.1, 0.15) is 22.8 Å². The number of aromatic carboxylic acids is 1. The Labute approximate surface area is 124 Å². The Morgan fingerprint density at radius 2 is 1.86 bits per heavy atom. The monoisotopic (exact) mass is 313 g/mol. The number of likely N-dealkylation sites (N-methyl/N-ethyl adjacent to an activating group) is 1. The van der Waals surface area contributed by atoms with Gasteiger partial charge in [-0.05, 0) is 18.6 Å². The maximum Gasteiger partial charge on any atom is 0.335 e. The normalized spacial score (nSPS) is 12.7. The first-order valence-electron chi connectivity index (χ1n) is 6.36. The molecular formula is C14H19NO5S. The van der Waals surface area contributed by atoms with Crippen molar-refractivity contribution in [3.05, 3.63) is 35.4 Å². The molecule has 0 saturated heterocycles. The van der Waals surface area contributed by atoms with Gasteiger partial charge in [0.1, 0.15) is 9.84 Å². The van der Waals surface area contributed by atoms with Gasteiger partial charge in [0.25, 0.3) is 0 Å². The number of nitrogens with zero attached hydrogens (tertiary/aromatic N) is 1. The van der Waals surface area contributed by atoms with Gasteiger partial charge in [-0.3, -0.25) is 4.79 Å². The van der Waals surface area contributed by atoms with Crippen LogP contribution in [0.25, 0.3) is 0 Å². The first-order chi connectivity index (χ1) is 9.61. The second kappa shape index (κ2) is 6.71. The predicted molar refractivity (Wildman–Crippen MR) is 79.0 cm³/mol. The standard InChI is InChI=1S/C14H19NO5S/c1-10(9-21(3,19)20)15(2)13(16)8-11-6-4-5-7-12(11)14(17)18/h4-7,10H,8-9H2,1-3H3,(H,17,18). The number of carboxylic acids is 1. The number of carbonyl (C=O) groups excluding carboxylic acids is 1. The van der Waals surface area contributed by atoms with Crippen molar-refractivity contribution < 1.29 is 23.1 Å². The van der Waals surface area contributed by atoms with Crippen LogP contribution in [-0.2, 0) is 21.1 Å². The molecule has 1 N–H and O–H groups in total. The molecule has 0 spiro atoms. The summed E-state index contributed by atoms with van der Waals surface area (Å²) in [6.45, 7) is 1.64. The maximum atomic E-state index is 12.2. The van der Waals surface area contributed by atoms with Crippen LogP contribution in [0.3, 0.4) is 0 Å². The number of carbonyl (C=O) groups is 2. The van der Waals surface area contributed by atoms with Crippen molar-refractivity contribution in [2.24, 2.45) is 0 Å². The largest absolute Gasteiger partial charge is 0.478 e. The molecule has 1 amide bonds. The second-order valence-electron chi connectivity index (χ2n) is 5.09. The minimum atomic E-state index is -3.18. The Morgan fingerprint density at radius 3 is 2.38 bits per heavy atom. The summed E-state index contributed by atoms with van der Waals surface area (Å²) in [6.07, 6.45) is 1.04. The molecule has 0 aliphatic rings. The molecule has 0 saturated carbocycles. The van der Waals surface area contributed by atoms with E-state index in [1.807, 2.05) is 0 Å². The molecule has 7 heteroatoms. The number of hydrogen-bond acceptors (Lipinski definition) is 4. The van der Waals surface area contributed by atoms with Crippen molar-refractivity contribution in [3.63, 3.8) is 0 Å². The fraction of sp³-hybridized carbons (Fsp3) is 0.429. The number of amides is 1. The number of sulfone groups is 1. The van der Waals surface area contributed by atoms with Crippen LogP contribution in [0.5, 0.6) is 0 Å². The van der Waals surface area contributed by atoms with Crippen LogP contribution in [0, 0.1) is 0 Å². The van der Waals surface area contributed by atoms with Gasteiger partial charge in [0.05, 0.1) is 17.7 Å². The summed E-state index contributed by atoms with van der Waals surface area (Å²) < 4.78 is 22.5. The highest BCUT2D eigenvalue weighted by atomic mass is 32.2. The van der Waals surface area contributed by atoms with Crippen molar-refractivity contribution in [2.75, 3.05) is 19.1 Å². The maximum absolute atomic E-state index is 12.2. The fourth-order valence-electron chi connectivity index (χ4n) is 1.97. The van der Waals surface area contributed by atoms with Gasteiger partial charge in [-0.1, -0.05) is 18.2 Å². The van der Waals surface area contributed by atoms with Crippen LogP contribution in [0.2, 0.25) is 0 Å². The highest BCUT2D eigenvalue weighted by molar-refractivity contribution is 7.90. The van der Waals surface area contributed by atoms with Crippen molar-refractivity contribution in [1.29, 1.82) is 0 Å². The molecule has 1 aromatic rings. The number of hydrogen-bond donors (Lipinski definition) is 1. The number of rotatable bonds is 6. The minimum absolute atomic E-state index is 0.0763. The number of carboxylic acid groups (broad SMARTS) is 1. The molecule has 1 rings (SSSR count). The second-order valence-corrected chi connectivity index (χ2v) is 7.27. The van der Waals surface area contributed by atoms with Gasteiger partial charge in [0.2, 0.25) is 5.91 Å². The zero-order valence-electron chi connectivity index (χ0n) is 12.2. The van der Waals surface area contributed by atoms with Gasteiger partial charge >= 0.3 is 5.97 Å². The van der Waals surface area contributed by atoms with Crippen molar-refractivity contribution in [1.82, 2.24) is 4.90 Å². The molecule has 0 heterocycles. The van der Waals surface area contributed by atoms with Gasteiger partial charge in [-0.2, -0.15) is 0 Å². The lowest BCUT2D eigenvalue weighted by Crippen LogP contribution is -2.40. The van der Waals surface area contributed by atoms with Gasteiger partial charge < -0.3 is 10.0 Å². The molecule has 0 aliphatic carbocycles. The van der Waals surface area contributed by atoms with Crippen LogP contribution < -0.4 is 0 Å². The van der Waals surface area contributed by atoms with Gasteiger partial charge in [0.15, 0.2) is 0 Å². The summed E-state index contributed by atoms with van der Waals surface area (Å²) in [7, 11) is -1.67. The average molecular weight is 313 g/mol. The third-order valence-corrected chi connectivity index (χ3v) is 4.28. The molecule has 0 aromatic heterocycles. The first-order valence-corrected chi connectivity index (χ1v) is 8.42. The summed E-state index contributed by atoms with van der Waals surface area (Å²) >= 11 is 0. The minimum Gasteiger partial charge on any atom is -0.478 e. The molecule has 1 unspecified atom stereocenters. The molecule has 0 bridgehead atoms. The van der Waals surface area contributed by atoms with Crippen molar-refractivity contribution in [2.45, 2.75) is 19.4 Å². The van der Waals surface area contributed by atoms with E-state index < -0.39 is 21.8 Å². The molecule has 116 valence electrons. The molecule has 6 nitrogen and oxygen atoms in total. The Bertz CT molecular complexity index is 639. The molecule has 21 heavy (non-hydrogen) atoms. The van der Waals surface area contributed by atoms with E-state index >= 15 is 0 Å². The van der Waals surface area contributed by atoms with E-state index in [4.69, 9.17) is 5.11 Å². The SMILES string of the molecule is CC(CS(C)(=O)=O)N(C)C(=O)Cc1ccccc1C(=O)O. The first kappa shape index (κ1) is 17.2. The quantitative estimate of drug-likeness (QED) is 0.839. The lowest BCUT2D eigenvalue weighted by atomic mass is 10.0. The summed E-state index contributed by atoms with van der Waals surface area (Å²) in [5.74, 6) is -1.54. The molecular weight excluding hydrogens is 294 g/mol. The summed E-state index contributed by atoms with van der Waals surface area (Å²) in [5, 5.41) is 9.07. The van der Waals surface area contributed by atoms with Crippen LogP contribution >= 0.6 is 0 Å². The smallest absolute Gasteiger partial charge is 0.335 e. The molecule has 1 aromatic carbocycles. The highest BCUT2D eigenvalue weighted by Crippen LogP contribution is 2.12. The molecule has 1 atom stereocenters. The van der Waals surface area contributed by atoms with Crippen LogP contribution in [0.15, 0.2) is 24.3 Å². The zero-order valence-corrected chi connectivity index (χ0v) is 13.1. The molecule has 0 radical (unpaired) electrons. The van der Waals surface area contributed by atoms with Crippen molar-refractivity contribution >= 4 is 21.7 Å². The van der Waals surface area contributed by atoms with E-state index in [2.05, 4.69) is 0 Å². The highest BCUT2D eigenvalue weighted by Gasteiger charge is 2.21. The van der Waals surface area contributed by atoms with E-state index in [9.17, 15) is 18.0 Å². The Hall–Kier alpha value is -1.89. The topological polar surface area (TPSA) is 91.8 Å². The molecule has 0 fully saturated rings. The zero-order chi connectivity index (χ0) is 16.2. The van der Waals surface area contributed by atoms with Crippen LogP contribution in [-0.4, -0.2) is 55.4 Å². The summed E-state index contributed by atoms with van der Waals surface area (Å²) in [6, 6.07) is 5.80. The lowest BCUT2D eigenvalue weighted by Gasteiger charge is -2.24. The summed E-state index contributed by atoms with van der Waals surface area (Å²) in [5.41, 5.74) is 0.489.